The molecule has 0 spiro atoms. The molecular weight excluding hydrogens is 272 g/mol. The van der Waals surface area contributed by atoms with Gasteiger partial charge in [0.2, 0.25) is 0 Å². The van der Waals surface area contributed by atoms with Gasteiger partial charge in [0.25, 0.3) is 0 Å². The number of likely N-dealkylation sites (N-methyl/N-ethyl adjacent to an activating group) is 1. The predicted octanol–water partition coefficient (Wildman–Crippen LogP) is 3.87. The maximum atomic E-state index is 6.40. The number of hydrogen-bond acceptors (Lipinski definition) is 3. The van der Waals surface area contributed by atoms with E-state index in [9.17, 15) is 0 Å². The Bertz CT molecular complexity index is 398. The number of hydrogen-bond donors (Lipinski definition) is 1. The van der Waals surface area contributed by atoms with E-state index in [1.54, 1.807) is 0 Å². The lowest BCUT2D eigenvalue weighted by Crippen LogP contribution is -2.23. The molecule has 0 saturated heterocycles. The third kappa shape index (κ3) is 5.31. The molecule has 0 heterocycles. The second-order valence-corrected chi connectivity index (χ2v) is 5.41. The minimum atomic E-state index is 0.329. The van der Waals surface area contributed by atoms with E-state index in [1.807, 2.05) is 14.0 Å². The first kappa shape index (κ1) is 17.3. The molecular formula is C16H27ClN2O. The number of nitrogens with zero attached hydrogens (tertiary/aromatic N) is 1. The molecule has 20 heavy (non-hydrogen) atoms. The van der Waals surface area contributed by atoms with Crippen LogP contribution in [-0.2, 0) is 4.74 Å². The monoisotopic (exact) mass is 298 g/mol. The molecule has 0 aliphatic carbocycles. The number of halogens is 1. The van der Waals surface area contributed by atoms with E-state index >= 15 is 0 Å². The standard InChI is InChI=1S/C16H27ClN2O/c1-5-9-18-13(3)14-7-8-16(15(17)12-14)19(4)10-11-20-6-2/h7-8,12-13,18H,5-6,9-11H2,1-4H3. The average molecular weight is 299 g/mol. The van der Waals surface area contributed by atoms with Crippen molar-refractivity contribution in [1.29, 1.82) is 0 Å². The van der Waals surface area contributed by atoms with Gasteiger partial charge < -0.3 is 15.0 Å². The summed E-state index contributed by atoms with van der Waals surface area (Å²) in [6.45, 7) is 9.68. The van der Waals surface area contributed by atoms with Crippen LogP contribution < -0.4 is 10.2 Å². The molecule has 1 N–H and O–H groups in total. The number of nitrogens with one attached hydrogen (secondary N) is 1. The lowest BCUT2D eigenvalue weighted by Gasteiger charge is -2.22. The fraction of sp³-hybridized carbons (Fsp3) is 0.625. The summed E-state index contributed by atoms with van der Waals surface area (Å²) in [5.41, 5.74) is 2.28. The number of ether oxygens (including phenoxy) is 1. The van der Waals surface area contributed by atoms with Crippen LogP contribution in [0, 0.1) is 0 Å². The van der Waals surface area contributed by atoms with E-state index in [2.05, 4.69) is 42.3 Å². The van der Waals surface area contributed by atoms with Gasteiger partial charge in [0.05, 0.1) is 17.3 Å². The van der Waals surface area contributed by atoms with E-state index in [4.69, 9.17) is 16.3 Å². The molecule has 0 aliphatic rings. The van der Waals surface area contributed by atoms with Gasteiger partial charge in [-0.3, -0.25) is 0 Å². The topological polar surface area (TPSA) is 24.5 Å². The molecule has 0 amide bonds. The summed E-state index contributed by atoms with van der Waals surface area (Å²) in [5.74, 6) is 0. The van der Waals surface area contributed by atoms with Crippen molar-refractivity contribution in [1.82, 2.24) is 5.32 Å². The molecule has 1 aromatic rings. The largest absolute Gasteiger partial charge is 0.380 e. The van der Waals surface area contributed by atoms with E-state index in [0.717, 1.165) is 43.4 Å². The quantitative estimate of drug-likeness (QED) is 0.700. The first-order chi connectivity index (χ1) is 9.60. The van der Waals surface area contributed by atoms with E-state index in [-0.39, 0.29) is 0 Å². The Morgan fingerprint density at radius 2 is 2.10 bits per heavy atom. The number of rotatable bonds is 9. The molecule has 1 rings (SSSR count). The molecule has 0 radical (unpaired) electrons. The Hall–Kier alpha value is -0.770. The second kappa shape index (κ2) is 9.22. The zero-order chi connectivity index (χ0) is 15.0. The fourth-order valence-corrected chi connectivity index (χ4v) is 2.38. The molecule has 0 fully saturated rings. The average Bonchev–Trinajstić information content (AvgIpc) is 2.44. The minimum Gasteiger partial charge on any atom is -0.380 e. The summed E-state index contributed by atoms with van der Waals surface area (Å²) in [6.07, 6.45) is 1.14. The number of benzene rings is 1. The van der Waals surface area contributed by atoms with Gasteiger partial charge in [-0.05, 0) is 44.5 Å². The number of anilines is 1. The Morgan fingerprint density at radius 3 is 2.70 bits per heavy atom. The molecule has 1 unspecified atom stereocenters. The molecule has 0 saturated carbocycles. The van der Waals surface area contributed by atoms with Crippen molar-refractivity contribution in [3.8, 4) is 0 Å². The summed E-state index contributed by atoms with van der Waals surface area (Å²) in [6, 6.07) is 6.62. The first-order valence-electron chi connectivity index (χ1n) is 7.41. The third-order valence-corrected chi connectivity index (χ3v) is 3.66. The van der Waals surface area contributed by atoms with E-state index in [1.165, 1.54) is 5.56 Å². The highest BCUT2D eigenvalue weighted by atomic mass is 35.5. The van der Waals surface area contributed by atoms with Crippen molar-refractivity contribution in [3.63, 3.8) is 0 Å². The molecule has 0 aliphatic heterocycles. The fourth-order valence-electron chi connectivity index (χ4n) is 2.05. The van der Waals surface area contributed by atoms with Crippen LogP contribution in [-0.4, -0.2) is 33.4 Å². The highest BCUT2D eigenvalue weighted by Gasteiger charge is 2.10. The summed E-state index contributed by atoms with van der Waals surface area (Å²) in [7, 11) is 2.04. The van der Waals surface area contributed by atoms with Crippen LogP contribution >= 0.6 is 11.6 Å². The van der Waals surface area contributed by atoms with Gasteiger partial charge in [-0.2, -0.15) is 0 Å². The lowest BCUT2D eigenvalue weighted by atomic mass is 10.1. The molecule has 0 bridgehead atoms. The van der Waals surface area contributed by atoms with E-state index < -0.39 is 0 Å². The van der Waals surface area contributed by atoms with Crippen molar-refractivity contribution in [2.24, 2.45) is 0 Å². The molecule has 0 aromatic heterocycles. The van der Waals surface area contributed by atoms with Crippen molar-refractivity contribution in [2.45, 2.75) is 33.2 Å². The van der Waals surface area contributed by atoms with Crippen LogP contribution in [0.5, 0.6) is 0 Å². The summed E-state index contributed by atoms with van der Waals surface area (Å²) < 4.78 is 5.38. The smallest absolute Gasteiger partial charge is 0.0642 e. The molecule has 3 nitrogen and oxygen atoms in total. The Labute approximate surface area is 128 Å². The van der Waals surface area contributed by atoms with Gasteiger partial charge in [0, 0.05) is 26.2 Å². The predicted molar refractivity (Wildman–Crippen MR) is 87.9 cm³/mol. The minimum absolute atomic E-state index is 0.329. The molecule has 4 heteroatoms. The lowest BCUT2D eigenvalue weighted by molar-refractivity contribution is 0.154. The van der Waals surface area contributed by atoms with Gasteiger partial charge in [-0.15, -0.1) is 0 Å². The highest BCUT2D eigenvalue weighted by molar-refractivity contribution is 6.33. The van der Waals surface area contributed by atoms with E-state index in [0.29, 0.717) is 6.04 Å². The van der Waals surface area contributed by atoms with Crippen molar-refractivity contribution < 1.29 is 4.74 Å². The molecule has 1 atom stereocenters. The van der Waals surface area contributed by atoms with Gasteiger partial charge in [0.15, 0.2) is 0 Å². The van der Waals surface area contributed by atoms with Crippen LogP contribution in [0.3, 0.4) is 0 Å². The first-order valence-corrected chi connectivity index (χ1v) is 7.79. The molecule has 1 aromatic carbocycles. The van der Waals surface area contributed by atoms with Crippen LogP contribution in [0.1, 0.15) is 38.8 Å². The Balaban J connectivity index is 2.67. The van der Waals surface area contributed by atoms with Crippen molar-refractivity contribution >= 4 is 17.3 Å². The SMILES string of the molecule is CCCNC(C)c1ccc(N(C)CCOCC)c(Cl)c1. The third-order valence-electron chi connectivity index (χ3n) is 3.36. The zero-order valence-electron chi connectivity index (χ0n) is 13.1. The van der Waals surface area contributed by atoms with Crippen molar-refractivity contribution in [3.05, 3.63) is 28.8 Å². The Morgan fingerprint density at radius 1 is 1.35 bits per heavy atom. The Kier molecular flexibility index (Phi) is 7.97. The van der Waals surface area contributed by atoms with Crippen LogP contribution in [0.4, 0.5) is 5.69 Å². The molecule has 114 valence electrons. The van der Waals surface area contributed by atoms with Gasteiger partial charge in [-0.25, -0.2) is 0 Å². The highest BCUT2D eigenvalue weighted by Crippen LogP contribution is 2.28. The summed E-state index contributed by atoms with van der Waals surface area (Å²) >= 11 is 6.40. The van der Waals surface area contributed by atoms with Crippen LogP contribution in [0.2, 0.25) is 5.02 Å². The summed E-state index contributed by atoms with van der Waals surface area (Å²) in [5, 5.41) is 4.27. The van der Waals surface area contributed by atoms with Crippen molar-refractivity contribution in [2.75, 3.05) is 38.3 Å². The van der Waals surface area contributed by atoms with Gasteiger partial charge in [-0.1, -0.05) is 24.6 Å². The normalized spacial score (nSPS) is 12.4. The summed E-state index contributed by atoms with van der Waals surface area (Å²) in [4.78, 5) is 2.13. The second-order valence-electron chi connectivity index (χ2n) is 5.01. The van der Waals surface area contributed by atoms with Gasteiger partial charge >= 0.3 is 0 Å². The zero-order valence-corrected chi connectivity index (χ0v) is 13.8. The maximum Gasteiger partial charge on any atom is 0.0642 e. The van der Waals surface area contributed by atoms with Crippen LogP contribution in [0.15, 0.2) is 18.2 Å². The van der Waals surface area contributed by atoms with Crippen LogP contribution in [0.25, 0.3) is 0 Å². The maximum absolute atomic E-state index is 6.40. The van der Waals surface area contributed by atoms with Gasteiger partial charge in [0.1, 0.15) is 0 Å².